The molecule has 1 amide bonds. The Morgan fingerprint density at radius 2 is 1.86 bits per heavy atom. The van der Waals surface area contributed by atoms with Crippen LogP contribution in [-0.2, 0) is 12.8 Å². The highest BCUT2D eigenvalue weighted by Crippen LogP contribution is 2.25. The highest BCUT2D eigenvalue weighted by Gasteiger charge is 2.22. The number of nitrogens with one attached hydrogen (secondary N) is 2. The van der Waals surface area contributed by atoms with Crippen LogP contribution in [0.4, 0.5) is 21.7 Å². The Kier molecular flexibility index (Phi) is 8.55. The molecule has 1 saturated heterocycles. The van der Waals surface area contributed by atoms with Crippen LogP contribution in [0.1, 0.15) is 35.3 Å². The van der Waals surface area contributed by atoms with Gasteiger partial charge in [-0.05, 0) is 73.8 Å². The summed E-state index contributed by atoms with van der Waals surface area (Å²) >= 11 is 0. The fraction of sp³-hybridized carbons (Fsp3) is 0.393. The van der Waals surface area contributed by atoms with Gasteiger partial charge in [-0.2, -0.15) is 0 Å². The van der Waals surface area contributed by atoms with Crippen LogP contribution in [0.5, 0.6) is 5.75 Å². The van der Waals surface area contributed by atoms with Gasteiger partial charge in [0.15, 0.2) is 11.6 Å². The Hall–Kier alpha value is -3.72. The summed E-state index contributed by atoms with van der Waals surface area (Å²) in [4.78, 5) is 25.8. The Morgan fingerprint density at radius 3 is 2.49 bits per heavy atom. The van der Waals surface area contributed by atoms with Gasteiger partial charge in [0.25, 0.3) is 5.91 Å². The van der Waals surface area contributed by atoms with E-state index in [1.165, 1.54) is 25.9 Å². The number of carbonyl (C=O) groups is 1. The first-order valence-corrected chi connectivity index (χ1v) is 12.7. The quantitative estimate of drug-likeness (QED) is 0.453. The van der Waals surface area contributed by atoms with Crippen LogP contribution in [-0.4, -0.2) is 67.2 Å². The summed E-state index contributed by atoms with van der Waals surface area (Å²) in [5.41, 5.74) is 3.76. The number of rotatable bonds is 9. The first kappa shape index (κ1) is 26.3. The van der Waals surface area contributed by atoms with E-state index < -0.39 is 5.82 Å². The van der Waals surface area contributed by atoms with Gasteiger partial charge in [0.05, 0.1) is 7.11 Å². The SMILES string of the molecule is CCN1CCN(c2ccc(Nc3ncc(CCc4cc(C(=O)NC)cc(OC)c4F)cn3)cc2)C[C@H]1C. The van der Waals surface area contributed by atoms with Crippen LogP contribution in [0.2, 0.25) is 0 Å². The van der Waals surface area contributed by atoms with Gasteiger partial charge < -0.3 is 20.3 Å². The van der Waals surface area contributed by atoms with Gasteiger partial charge in [-0.1, -0.05) is 6.92 Å². The molecule has 2 heterocycles. The van der Waals surface area contributed by atoms with Crippen molar-refractivity contribution in [2.75, 3.05) is 50.6 Å². The predicted molar refractivity (Wildman–Crippen MR) is 144 cm³/mol. The number of methoxy groups -OCH3 is 1. The molecule has 37 heavy (non-hydrogen) atoms. The molecule has 0 bridgehead atoms. The van der Waals surface area contributed by atoms with Gasteiger partial charge in [0.1, 0.15) is 0 Å². The third kappa shape index (κ3) is 6.35. The lowest BCUT2D eigenvalue weighted by atomic mass is 10.0. The maximum Gasteiger partial charge on any atom is 0.251 e. The molecule has 1 fully saturated rings. The predicted octanol–water partition coefficient (Wildman–Crippen LogP) is 4.04. The molecule has 0 aliphatic carbocycles. The zero-order valence-electron chi connectivity index (χ0n) is 21.9. The zero-order valence-corrected chi connectivity index (χ0v) is 21.9. The smallest absolute Gasteiger partial charge is 0.251 e. The Morgan fingerprint density at radius 1 is 1.14 bits per heavy atom. The number of amides is 1. The maximum absolute atomic E-state index is 14.7. The molecule has 0 saturated carbocycles. The number of aryl methyl sites for hydroxylation is 2. The van der Waals surface area contributed by atoms with Gasteiger partial charge in [-0.3, -0.25) is 9.69 Å². The number of piperazine rings is 1. The molecule has 9 heteroatoms. The highest BCUT2D eigenvalue weighted by atomic mass is 19.1. The third-order valence-corrected chi connectivity index (χ3v) is 6.87. The number of hydrogen-bond acceptors (Lipinski definition) is 7. The van der Waals surface area contributed by atoms with E-state index in [1.54, 1.807) is 18.5 Å². The first-order chi connectivity index (χ1) is 17.9. The molecule has 196 valence electrons. The standard InChI is InChI=1S/C28H35FN6O2/c1-5-34-12-13-35(18-19(34)2)24-10-8-23(9-11-24)33-28-31-16-20(17-32-28)6-7-21-14-22(27(36)30-3)15-25(37-4)26(21)29/h8-11,14-17,19H,5-7,12-13,18H2,1-4H3,(H,30,36)(H,31,32,33)/t19-/m1/s1. The van der Waals surface area contributed by atoms with Crippen LogP contribution < -0.4 is 20.3 Å². The van der Waals surface area contributed by atoms with Crippen molar-refractivity contribution in [3.8, 4) is 5.75 Å². The molecule has 1 aliphatic rings. The normalized spacial score (nSPS) is 15.9. The van der Waals surface area contributed by atoms with Crippen molar-refractivity contribution in [2.24, 2.45) is 0 Å². The topological polar surface area (TPSA) is 82.6 Å². The second kappa shape index (κ2) is 12.0. The average Bonchev–Trinajstić information content (AvgIpc) is 2.93. The maximum atomic E-state index is 14.7. The molecular formula is C28H35FN6O2. The summed E-state index contributed by atoms with van der Waals surface area (Å²) in [5, 5.41) is 5.80. The average molecular weight is 507 g/mol. The van der Waals surface area contributed by atoms with Gasteiger partial charge in [-0.15, -0.1) is 0 Å². The monoisotopic (exact) mass is 506 g/mol. The summed E-state index contributed by atoms with van der Waals surface area (Å²) in [6.07, 6.45) is 4.37. The van der Waals surface area contributed by atoms with Crippen molar-refractivity contribution in [1.82, 2.24) is 20.2 Å². The Labute approximate surface area is 217 Å². The van der Waals surface area contributed by atoms with Crippen LogP contribution in [0.15, 0.2) is 48.8 Å². The van der Waals surface area contributed by atoms with E-state index in [9.17, 15) is 9.18 Å². The largest absolute Gasteiger partial charge is 0.494 e. The second-order valence-corrected chi connectivity index (χ2v) is 9.24. The number of anilines is 3. The van der Waals surface area contributed by atoms with Crippen molar-refractivity contribution in [3.63, 3.8) is 0 Å². The van der Waals surface area contributed by atoms with E-state index in [-0.39, 0.29) is 11.7 Å². The summed E-state index contributed by atoms with van der Waals surface area (Å²) in [6.45, 7) is 8.72. The van der Waals surface area contributed by atoms with Crippen LogP contribution in [0, 0.1) is 5.82 Å². The molecule has 8 nitrogen and oxygen atoms in total. The van der Waals surface area contributed by atoms with E-state index in [0.29, 0.717) is 36.0 Å². The fourth-order valence-corrected chi connectivity index (χ4v) is 4.67. The number of carbonyl (C=O) groups excluding carboxylic acids is 1. The molecule has 0 spiro atoms. The van der Waals surface area contributed by atoms with E-state index in [2.05, 4.69) is 56.4 Å². The molecular weight excluding hydrogens is 471 g/mol. The number of hydrogen-bond donors (Lipinski definition) is 2. The van der Waals surface area contributed by atoms with Crippen LogP contribution in [0.3, 0.4) is 0 Å². The lowest BCUT2D eigenvalue weighted by Crippen LogP contribution is -2.51. The van der Waals surface area contributed by atoms with Gasteiger partial charge in [0.2, 0.25) is 5.95 Å². The molecule has 1 atom stereocenters. The third-order valence-electron chi connectivity index (χ3n) is 6.87. The molecule has 1 aromatic heterocycles. The van der Waals surface area contributed by atoms with Gasteiger partial charge >= 0.3 is 0 Å². The highest BCUT2D eigenvalue weighted by molar-refractivity contribution is 5.94. The van der Waals surface area contributed by atoms with Gasteiger partial charge in [0, 0.05) is 62.1 Å². The molecule has 0 unspecified atom stereocenters. The zero-order chi connectivity index (χ0) is 26.4. The summed E-state index contributed by atoms with van der Waals surface area (Å²) in [6, 6.07) is 11.8. The summed E-state index contributed by atoms with van der Waals surface area (Å²) in [7, 11) is 2.92. The van der Waals surface area contributed by atoms with Crippen molar-refractivity contribution in [1.29, 1.82) is 0 Å². The minimum Gasteiger partial charge on any atom is -0.494 e. The molecule has 1 aliphatic heterocycles. The molecule has 0 radical (unpaired) electrons. The number of halogens is 1. The lowest BCUT2D eigenvalue weighted by Gasteiger charge is -2.40. The summed E-state index contributed by atoms with van der Waals surface area (Å²) < 4.78 is 19.8. The number of nitrogens with zero attached hydrogens (tertiary/aromatic N) is 4. The van der Waals surface area contributed by atoms with E-state index in [4.69, 9.17) is 4.74 Å². The minimum atomic E-state index is -0.459. The van der Waals surface area contributed by atoms with E-state index in [1.807, 2.05) is 12.1 Å². The molecule has 4 rings (SSSR count). The minimum absolute atomic E-state index is 0.0515. The lowest BCUT2D eigenvalue weighted by molar-refractivity contribution is 0.0962. The second-order valence-electron chi connectivity index (χ2n) is 9.24. The van der Waals surface area contributed by atoms with Gasteiger partial charge in [-0.25, -0.2) is 14.4 Å². The Bertz CT molecular complexity index is 1200. The van der Waals surface area contributed by atoms with E-state index in [0.717, 1.165) is 37.4 Å². The fourth-order valence-electron chi connectivity index (χ4n) is 4.67. The van der Waals surface area contributed by atoms with Crippen LogP contribution >= 0.6 is 0 Å². The van der Waals surface area contributed by atoms with Crippen molar-refractivity contribution in [3.05, 3.63) is 71.3 Å². The molecule has 2 aromatic carbocycles. The number of ether oxygens (including phenoxy) is 1. The number of aromatic nitrogens is 2. The Balaban J connectivity index is 1.35. The number of likely N-dealkylation sites (N-methyl/N-ethyl adjacent to an activating group) is 1. The van der Waals surface area contributed by atoms with E-state index >= 15 is 0 Å². The van der Waals surface area contributed by atoms with Crippen molar-refractivity contribution >= 4 is 23.2 Å². The molecule has 3 aromatic rings. The van der Waals surface area contributed by atoms with Crippen LogP contribution in [0.25, 0.3) is 0 Å². The first-order valence-electron chi connectivity index (χ1n) is 12.7. The summed E-state index contributed by atoms with van der Waals surface area (Å²) in [5.74, 6) is -0.203. The van der Waals surface area contributed by atoms with Crippen molar-refractivity contribution < 1.29 is 13.9 Å². The number of benzene rings is 2. The molecule has 2 N–H and O–H groups in total. The van der Waals surface area contributed by atoms with Crippen molar-refractivity contribution in [2.45, 2.75) is 32.7 Å².